The average molecular weight is 273 g/mol. The van der Waals surface area contributed by atoms with Crippen molar-refractivity contribution in [2.75, 3.05) is 0 Å². The Bertz CT molecular complexity index is 349. The van der Waals surface area contributed by atoms with Crippen LogP contribution < -0.4 is 34.7 Å². The number of carboxylic acids is 1. The van der Waals surface area contributed by atoms with Gasteiger partial charge in [-0.05, 0) is 30.1 Å². The van der Waals surface area contributed by atoms with Crippen LogP contribution in [-0.4, -0.2) is 5.97 Å². The zero-order valence-corrected chi connectivity index (χ0v) is 14.9. The number of carbonyl (C=O) groups is 1. The fourth-order valence-corrected chi connectivity index (χ4v) is 3.82. The zero-order chi connectivity index (χ0) is 13.9. The van der Waals surface area contributed by atoms with Gasteiger partial charge in [0.15, 0.2) is 0 Å². The summed E-state index contributed by atoms with van der Waals surface area (Å²) in [5, 5.41) is 20.7. The van der Waals surface area contributed by atoms with Gasteiger partial charge in [0.2, 0.25) is 0 Å². The van der Waals surface area contributed by atoms with Crippen molar-refractivity contribution in [2.45, 2.75) is 53.4 Å². The maximum atomic E-state index is 11.5. The first-order chi connectivity index (χ1) is 8.35. The Morgan fingerprint density at radius 3 is 2.47 bits per heavy atom. The summed E-state index contributed by atoms with van der Waals surface area (Å²) in [4.78, 5) is 11.5. The third-order valence-corrected chi connectivity index (χ3v) is 4.69. The van der Waals surface area contributed by atoms with Gasteiger partial charge >= 0.3 is 29.6 Å². The van der Waals surface area contributed by atoms with E-state index in [1.54, 1.807) is 0 Å². The van der Waals surface area contributed by atoms with Crippen LogP contribution >= 0.6 is 0 Å². The van der Waals surface area contributed by atoms with Gasteiger partial charge < -0.3 is 9.90 Å². The second-order valence-electron chi connectivity index (χ2n) is 6.37. The first-order valence-electron chi connectivity index (χ1n) is 6.95. The van der Waals surface area contributed by atoms with E-state index >= 15 is 0 Å². The molecule has 0 aromatic rings. The van der Waals surface area contributed by atoms with Crippen LogP contribution in [0.1, 0.15) is 53.4 Å². The molecule has 1 rings (SSSR count). The van der Waals surface area contributed by atoms with Gasteiger partial charge in [0, 0.05) is 11.9 Å². The third kappa shape index (κ3) is 4.21. The van der Waals surface area contributed by atoms with Gasteiger partial charge in [0.1, 0.15) is 0 Å². The monoisotopic (exact) mass is 273 g/mol. The topological polar surface area (TPSA) is 63.9 Å². The molecule has 0 amide bonds. The van der Waals surface area contributed by atoms with Gasteiger partial charge in [0.25, 0.3) is 0 Å². The number of carboxylic acid groups (broad SMARTS) is 1. The third-order valence-electron chi connectivity index (χ3n) is 4.69. The SMILES string of the molecule is CCC(C#N)C(C(=O)[O-])C1C(C)CCCC1(C)C.[Na+]. The van der Waals surface area contributed by atoms with Crippen molar-refractivity contribution >= 4 is 5.97 Å². The standard InChI is InChI=1S/C15H25NO2.Na/c1-5-11(9-16)12(14(17)18)13-10(2)7-6-8-15(13,3)4;/h10-13H,5-8H2,1-4H3,(H,17,18);/q;+1/p-1. The number of hydrogen-bond donors (Lipinski definition) is 0. The summed E-state index contributed by atoms with van der Waals surface area (Å²) in [6.07, 6.45) is 3.82. The van der Waals surface area contributed by atoms with Crippen molar-refractivity contribution in [3.05, 3.63) is 0 Å². The number of nitrogens with zero attached hydrogens (tertiary/aromatic N) is 1. The van der Waals surface area contributed by atoms with Crippen LogP contribution in [0.25, 0.3) is 0 Å². The van der Waals surface area contributed by atoms with Gasteiger partial charge in [-0.2, -0.15) is 5.26 Å². The van der Waals surface area contributed by atoms with Crippen molar-refractivity contribution in [1.82, 2.24) is 0 Å². The Balaban J connectivity index is 0.00000324. The second kappa shape index (κ2) is 7.67. The molecule has 4 heteroatoms. The van der Waals surface area contributed by atoms with Crippen LogP contribution in [0, 0.1) is 40.4 Å². The van der Waals surface area contributed by atoms with Gasteiger partial charge in [-0.3, -0.25) is 0 Å². The number of nitriles is 1. The zero-order valence-electron chi connectivity index (χ0n) is 12.9. The predicted molar refractivity (Wildman–Crippen MR) is 68.2 cm³/mol. The molecule has 1 aliphatic rings. The summed E-state index contributed by atoms with van der Waals surface area (Å²) in [6.45, 7) is 8.26. The predicted octanol–water partition coefficient (Wildman–Crippen LogP) is -0.631. The Hall–Kier alpha value is -0.0400. The molecule has 0 radical (unpaired) electrons. The van der Waals surface area contributed by atoms with E-state index in [4.69, 9.17) is 0 Å². The van der Waals surface area contributed by atoms with Crippen LogP contribution in [0.3, 0.4) is 0 Å². The molecular weight excluding hydrogens is 249 g/mol. The molecule has 0 aliphatic heterocycles. The minimum atomic E-state index is -1.05. The molecule has 19 heavy (non-hydrogen) atoms. The molecular formula is C15H24NNaO2. The minimum absolute atomic E-state index is 0. The normalized spacial score (nSPS) is 28.6. The molecule has 4 atom stereocenters. The molecule has 0 aromatic heterocycles. The summed E-state index contributed by atoms with van der Waals surface area (Å²) in [7, 11) is 0. The summed E-state index contributed by atoms with van der Waals surface area (Å²) in [6, 6.07) is 2.17. The van der Waals surface area contributed by atoms with Crippen LogP contribution in [-0.2, 0) is 4.79 Å². The van der Waals surface area contributed by atoms with E-state index in [0.29, 0.717) is 12.3 Å². The molecule has 0 N–H and O–H groups in total. The fraction of sp³-hybridized carbons (Fsp3) is 0.867. The number of rotatable bonds is 4. The van der Waals surface area contributed by atoms with Gasteiger partial charge in [-0.25, -0.2) is 0 Å². The van der Waals surface area contributed by atoms with Gasteiger partial charge in [-0.15, -0.1) is 0 Å². The molecule has 0 saturated heterocycles. The number of hydrogen-bond acceptors (Lipinski definition) is 3. The Morgan fingerprint density at radius 1 is 1.53 bits per heavy atom. The molecule has 4 unspecified atom stereocenters. The first kappa shape index (κ1) is 19.0. The second-order valence-corrected chi connectivity index (χ2v) is 6.37. The Kier molecular flexibility index (Phi) is 7.65. The Labute approximate surface area is 139 Å². The van der Waals surface area contributed by atoms with E-state index in [1.165, 1.54) is 0 Å². The molecule has 0 bridgehead atoms. The molecule has 1 aliphatic carbocycles. The van der Waals surface area contributed by atoms with Gasteiger partial charge in [0.05, 0.1) is 12.0 Å². The molecule has 0 aromatic carbocycles. The summed E-state index contributed by atoms with van der Waals surface area (Å²) in [5.41, 5.74) is -0.0212. The average Bonchev–Trinajstić information content (AvgIpc) is 2.26. The minimum Gasteiger partial charge on any atom is -0.550 e. The maximum Gasteiger partial charge on any atom is 1.00 e. The smallest absolute Gasteiger partial charge is 0.550 e. The van der Waals surface area contributed by atoms with Crippen molar-refractivity contribution in [2.24, 2.45) is 29.1 Å². The van der Waals surface area contributed by atoms with E-state index in [2.05, 4.69) is 26.8 Å². The summed E-state index contributed by atoms with van der Waals surface area (Å²) < 4.78 is 0. The van der Waals surface area contributed by atoms with Crippen LogP contribution in [0.15, 0.2) is 0 Å². The van der Waals surface area contributed by atoms with Crippen molar-refractivity contribution in [1.29, 1.82) is 5.26 Å². The molecule has 1 fully saturated rings. The van der Waals surface area contributed by atoms with Crippen LogP contribution in [0.4, 0.5) is 0 Å². The largest absolute Gasteiger partial charge is 1.00 e. The molecule has 3 nitrogen and oxygen atoms in total. The van der Waals surface area contributed by atoms with Gasteiger partial charge in [-0.1, -0.05) is 40.5 Å². The first-order valence-corrected chi connectivity index (χ1v) is 6.95. The van der Waals surface area contributed by atoms with Crippen LogP contribution in [0.5, 0.6) is 0 Å². The summed E-state index contributed by atoms with van der Waals surface area (Å²) >= 11 is 0. The van der Waals surface area contributed by atoms with Crippen molar-refractivity contribution in [3.63, 3.8) is 0 Å². The van der Waals surface area contributed by atoms with Crippen LogP contribution in [0.2, 0.25) is 0 Å². The number of aliphatic carboxylic acids is 1. The van der Waals surface area contributed by atoms with Crippen molar-refractivity contribution < 1.29 is 39.5 Å². The maximum absolute atomic E-state index is 11.5. The van der Waals surface area contributed by atoms with E-state index in [-0.39, 0.29) is 40.9 Å². The summed E-state index contributed by atoms with van der Waals surface area (Å²) in [5.74, 6) is -1.72. The molecule has 0 spiro atoms. The quantitative estimate of drug-likeness (QED) is 0.641. The fourth-order valence-electron chi connectivity index (χ4n) is 3.82. The van der Waals surface area contributed by atoms with E-state index in [1.807, 2.05) is 6.92 Å². The Morgan fingerprint density at radius 2 is 2.11 bits per heavy atom. The molecule has 102 valence electrons. The molecule has 0 heterocycles. The van der Waals surface area contributed by atoms with E-state index in [0.717, 1.165) is 19.3 Å². The molecule has 1 saturated carbocycles. The van der Waals surface area contributed by atoms with E-state index < -0.39 is 17.8 Å². The van der Waals surface area contributed by atoms with Crippen molar-refractivity contribution in [3.8, 4) is 6.07 Å². The number of carbonyl (C=O) groups excluding carboxylic acids is 1. The van der Waals surface area contributed by atoms with E-state index in [9.17, 15) is 15.2 Å².